The lowest BCUT2D eigenvalue weighted by molar-refractivity contribution is 0.336. The Morgan fingerprint density at radius 3 is 3.00 bits per heavy atom. The summed E-state index contributed by atoms with van der Waals surface area (Å²) in [5.74, 6) is 0.868. The van der Waals surface area contributed by atoms with Crippen molar-refractivity contribution in [1.82, 2.24) is 0 Å². The summed E-state index contributed by atoms with van der Waals surface area (Å²) in [6.07, 6.45) is 6.54. The van der Waals surface area contributed by atoms with Gasteiger partial charge in [0.2, 0.25) is 0 Å². The minimum absolute atomic E-state index is 0.504. The lowest BCUT2D eigenvalue weighted by Gasteiger charge is -2.05. The molecule has 2 heteroatoms. The number of hydrogen-bond donors (Lipinski definition) is 1. The maximum Gasteiger partial charge on any atom is 0.113 e. The molecular weight excluding hydrogens is 102 g/mol. The Balaban J connectivity index is 2.43. The van der Waals surface area contributed by atoms with E-state index in [0.29, 0.717) is 6.54 Å². The van der Waals surface area contributed by atoms with E-state index in [9.17, 15) is 0 Å². The topological polar surface area (TPSA) is 35.2 Å². The highest BCUT2D eigenvalue weighted by atomic mass is 16.5. The Bertz CT molecular complexity index is 126. The first kappa shape index (κ1) is 5.38. The third kappa shape index (κ3) is 1.10. The molecule has 0 aromatic rings. The lowest BCUT2D eigenvalue weighted by atomic mass is 10.3. The minimum Gasteiger partial charge on any atom is -0.469 e. The van der Waals surface area contributed by atoms with E-state index in [2.05, 4.69) is 0 Å². The molecule has 2 N–H and O–H groups in total. The molecule has 1 aliphatic rings. The van der Waals surface area contributed by atoms with Crippen LogP contribution in [0, 0.1) is 0 Å². The van der Waals surface area contributed by atoms with Gasteiger partial charge < -0.3 is 10.5 Å². The molecule has 44 valence electrons. The van der Waals surface area contributed by atoms with Crippen molar-refractivity contribution in [1.29, 1.82) is 0 Å². The van der Waals surface area contributed by atoms with Crippen LogP contribution in [-0.4, -0.2) is 6.54 Å². The molecule has 0 aromatic carbocycles. The highest BCUT2D eigenvalue weighted by Gasteiger charge is 1.93. The van der Waals surface area contributed by atoms with E-state index in [-0.39, 0.29) is 0 Å². The van der Waals surface area contributed by atoms with Crippen molar-refractivity contribution in [3.05, 3.63) is 24.2 Å². The molecule has 0 unspecified atom stereocenters. The van der Waals surface area contributed by atoms with Crippen molar-refractivity contribution in [2.24, 2.45) is 5.73 Å². The van der Waals surface area contributed by atoms with Gasteiger partial charge in [0.25, 0.3) is 0 Å². The van der Waals surface area contributed by atoms with Gasteiger partial charge in [-0.25, -0.2) is 0 Å². The van der Waals surface area contributed by atoms with Gasteiger partial charge in [-0.2, -0.15) is 0 Å². The van der Waals surface area contributed by atoms with E-state index in [1.165, 1.54) is 0 Å². The van der Waals surface area contributed by atoms with Gasteiger partial charge in [-0.05, 0) is 18.6 Å². The summed E-state index contributed by atoms with van der Waals surface area (Å²) < 4.78 is 4.98. The molecule has 0 saturated heterocycles. The van der Waals surface area contributed by atoms with Crippen molar-refractivity contribution in [3.63, 3.8) is 0 Å². The van der Waals surface area contributed by atoms with Crippen LogP contribution in [0.5, 0.6) is 0 Å². The number of rotatable bonds is 1. The maximum atomic E-state index is 5.28. The number of ether oxygens (including phenoxy) is 1. The molecule has 0 aromatic heterocycles. The molecule has 0 bridgehead atoms. The van der Waals surface area contributed by atoms with Crippen molar-refractivity contribution in [2.75, 3.05) is 6.54 Å². The zero-order chi connectivity index (χ0) is 5.82. The molecule has 2 nitrogen and oxygen atoms in total. The largest absolute Gasteiger partial charge is 0.469 e. The predicted octanol–water partition coefficient (Wildman–Crippen LogP) is 0.763. The van der Waals surface area contributed by atoms with Crippen LogP contribution >= 0.6 is 0 Å². The van der Waals surface area contributed by atoms with Crippen LogP contribution in [0.4, 0.5) is 0 Å². The number of allylic oxidation sites excluding steroid dienone is 2. The van der Waals surface area contributed by atoms with E-state index in [1.807, 2.05) is 12.2 Å². The van der Waals surface area contributed by atoms with Gasteiger partial charge in [-0.1, -0.05) is 0 Å². The molecule has 1 heterocycles. The molecule has 0 radical (unpaired) electrons. The van der Waals surface area contributed by atoms with E-state index >= 15 is 0 Å². The molecule has 0 aliphatic carbocycles. The second-order valence-electron chi connectivity index (χ2n) is 1.60. The average Bonchev–Trinajstić information content (AvgIpc) is 1.90. The average molecular weight is 111 g/mol. The highest BCUT2D eigenvalue weighted by Crippen LogP contribution is 2.04. The van der Waals surface area contributed by atoms with Gasteiger partial charge in [0.15, 0.2) is 0 Å². The molecule has 1 aliphatic heterocycles. The minimum atomic E-state index is 0.504. The van der Waals surface area contributed by atoms with Crippen LogP contribution in [0.15, 0.2) is 24.2 Å². The Hall–Kier alpha value is -0.760. The fourth-order valence-electron chi connectivity index (χ4n) is 0.570. The first-order chi connectivity index (χ1) is 3.93. The normalized spacial score (nSPS) is 17.4. The van der Waals surface area contributed by atoms with Crippen LogP contribution in [0.1, 0.15) is 6.42 Å². The highest BCUT2D eigenvalue weighted by molar-refractivity contribution is 5.04. The summed E-state index contributed by atoms with van der Waals surface area (Å²) in [6, 6.07) is 0. The Morgan fingerprint density at radius 1 is 1.75 bits per heavy atom. The third-order valence-electron chi connectivity index (χ3n) is 0.998. The molecule has 0 atom stereocenters. The summed E-state index contributed by atoms with van der Waals surface area (Å²) in [7, 11) is 0. The SMILES string of the molecule is NCC1=CCC=CO1. The smallest absolute Gasteiger partial charge is 0.113 e. The lowest BCUT2D eigenvalue weighted by Crippen LogP contribution is -2.05. The molecule has 8 heavy (non-hydrogen) atoms. The number of hydrogen-bond acceptors (Lipinski definition) is 2. The maximum absolute atomic E-state index is 5.28. The second kappa shape index (κ2) is 2.52. The fourth-order valence-corrected chi connectivity index (χ4v) is 0.570. The van der Waals surface area contributed by atoms with Crippen LogP contribution in [0.3, 0.4) is 0 Å². The summed E-state index contributed by atoms with van der Waals surface area (Å²) in [5.41, 5.74) is 5.28. The molecule has 0 spiro atoms. The monoisotopic (exact) mass is 111 g/mol. The van der Waals surface area contributed by atoms with Crippen LogP contribution < -0.4 is 5.73 Å². The zero-order valence-electron chi connectivity index (χ0n) is 4.63. The number of nitrogens with two attached hydrogens (primary N) is 1. The van der Waals surface area contributed by atoms with Gasteiger partial charge in [0, 0.05) is 0 Å². The Kier molecular flexibility index (Phi) is 1.70. The van der Waals surface area contributed by atoms with Crippen molar-refractivity contribution < 1.29 is 4.74 Å². The van der Waals surface area contributed by atoms with Crippen molar-refractivity contribution in [2.45, 2.75) is 6.42 Å². The van der Waals surface area contributed by atoms with Gasteiger partial charge in [-0.15, -0.1) is 0 Å². The summed E-state index contributed by atoms with van der Waals surface area (Å²) >= 11 is 0. The third-order valence-corrected chi connectivity index (χ3v) is 0.998. The van der Waals surface area contributed by atoms with Gasteiger partial charge in [-0.3, -0.25) is 0 Å². The molecule has 0 fully saturated rings. The van der Waals surface area contributed by atoms with Crippen LogP contribution in [0.2, 0.25) is 0 Å². The van der Waals surface area contributed by atoms with Gasteiger partial charge >= 0.3 is 0 Å². The summed E-state index contributed by atoms with van der Waals surface area (Å²) in [6.45, 7) is 0.504. The molecular formula is C6H9NO. The summed E-state index contributed by atoms with van der Waals surface area (Å²) in [4.78, 5) is 0. The first-order valence-corrected chi connectivity index (χ1v) is 2.64. The second-order valence-corrected chi connectivity index (χ2v) is 1.60. The van der Waals surface area contributed by atoms with Gasteiger partial charge in [0.1, 0.15) is 5.76 Å². The van der Waals surface area contributed by atoms with E-state index in [1.54, 1.807) is 6.26 Å². The van der Waals surface area contributed by atoms with Crippen molar-refractivity contribution in [3.8, 4) is 0 Å². The fraction of sp³-hybridized carbons (Fsp3) is 0.333. The quantitative estimate of drug-likeness (QED) is 0.542. The van der Waals surface area contributed by atoms with Crippen molar-refractivity contribution >= 4 is 0 Å². The van der Waals surface area contributed by atoms with E-state index in [0.717, 1.165) is 12.2 Å². The predicted molar refractivity (Wildman–Crippen MR) is 32.0 cm³/mol. The van der Waals surface area contributed by atoms with E-state index < -0.39 is 0 Å². The van der Waals surface area contributed by atoms with E-state index in [4.69, 9.17) is 10.5 Å². The zero-order valence-corrected chi connectivity index (χ0v) is 4.63. The Morgan fingerprint density at radius 2 is 2.62 bits per heavy atom. The molecule has 0 saturated carbocycles. The standard InChI is InChI=1S/C6H9NO/c7-5-6-3-1-2-4-8-6/h2-4H,1,5,7H2. The Labute approximate surface area is 48.6 Å². The molecule has 0 amide bonds. The first-order valence-electron chi connectivity index (χ1n) is 2.64. The van der Waals surface area contributed by atoms with Crippen LogP contribution in [0.25, 0.3) is 0 Å². The summed E-state index contributed by atoms with van der Waals surface area (Å²) in [5, 5.41) is 0. The molecule has 1 rings (SSSR count). The van der Waals surface area contributed by atoms with Crippen LogP contribution in [-0.2, 0) is 4.74 Å². The van der Waals surface area contributed by atoms with Gasteiger partial charge in [0.05, 0.1) is 12.8 Å².